The number of carbonyl (C=O) groups excluding carboxylic acids is 2. The number of carbonyl (C=O) groups is 2. The molecule has 0 saturated heterocycles. The first-order valence-electron chi connectivity index (χ1n) is 10.5. The van der Waals surface area contributed by atoms with Crippen LogP contribution in [0.15, 0.2) is 48.5 Å². The van der Waals surface area contributed by atoms with Crippen molar-refractivity contribution in [3.63, 3.8) is 0 Å². The van der Waals surface area contributed by atoms with Crippen molar-refractivity contribution in [3.05, 3.63) is 85.9 Å². The minimum absolute atomic E-state index is 0.00821. The monoisotopic (exact) mass is 466 g/mol. The van der Waals surface area contributed by atoms with E-state index in [9.17, 15) is 19.7 Å². The number of fused-ring (bicyclic) bond motifs is 1. The Labute approximate surface area is 194 Å². The summed E-state index contributed by atoms with van der Waals surface area (Å²) in [5.41, 5.74) is 1.77. The molecule has 4 rings (SSSR count). The third kappa shape index (κ3) is 5.41. The quantitative estimate of drug-likeness (QED) is 0.317. The van der Waals surface area contributed by atoms with Crippen LogP contribution in [0, 0.1) is 10.1 Å². The van der Waals surface area contributed by atoms with Gasteiger partial charge in [-0.05, 0) is 18.6 Å². The first-order valence-corrected chi connectivity index (χ1v) is 11.3. The molecule has 0 unspecified atom stereocenters. The van der Waals surface area contributed by atoms with E-state index < -0.39 is 16.8 Å². The summed E-state index contributed by atoms with van der Waals surface area (Å²) in [5, 5.41) is 14.4. The Morgan fingerprint density at radius 2 is 1.97 bits per heavy atom. The van der Waals surface area contributed by atoms with Crippen molar-refractivity contribution in [1.29, 1.82) is 0 Å². The minimum Gasteiger partial charge on any atom is -0.462 e. The van der Waals surface area contributed by atoms with Crippen molar-refractivity contribution in [2.75, 3.05) is 18.5 Å². The van der Waals surface area contributed by atoms with Crippen molar-refractivity contribution in [2.45, 2.75) is 26.4 Å². The number of aromatic nitrogens is 1. The molecule has 1 aliphatic rings. The highest BCUT2D eigenvalue weighted by molar-refractivity contribution is 7.15. The Kier molecular flexibility index (Phi) is 6.76. The van der Waals surface area contributed by atoms with Gasteiger partial charge in [0.2, 0.25) is 0 Å². The first-order chi connectivity index (χ1) is 15.9. The lowest BCUT2D eigenvalue weighted by atomic mass is 10.1. The molecule has 9 nitrogen and oxygen atoms in total. The fourth-order valence-electron chi connectivity index (χ4n) is 3.63. The summed E-state index contributed by atoms with van der Waals surface area (Å²) in [6, 6.07) is 13.7. The van der Waals surface area contributed by atoms with E-state index in [0.717, 1.165) is 48.8 Å². The van der Waals surface area contributed by atoms with Crippen LogP contribution in [0.2, 0.25) is 0 Å². The number of benzene rings is 2. The number of hydrogen-bond donors (Lipinski definition) is 1. The molecule has 0 saturated carbocycles. The summed E-state index contributed by atoms with van der Waals surface area (Å²) >= 11 is 1.39. The topological polar surface area (TPSA) is 115 Å². The Balaban J connectivity index is 1.49. The number of non-ortho nitro benzene ring substituents is 1. The average Bonchev–Trinajstić information content (AvgIpc) is 3.21. The fourth-order valence-corrected chi connectivity index (χ4v) is 4.67. The Bertz CT molecular complexity index is 1190. The van der Waals surface area contributed by atoms with Gasteiger partial charge >= 0.3 is 5.97 Å². The molecule has 0 aliphatic carbocycles. The molecule has 0 atom stereocenters. The van der Waals surface area contributed by atoms with E-state index in [1.807, 2.05) is 18.2 Å². The number of esters is 1. The summed E-state index contributed by atoms with van der Waals surface area (Å²) in [6.07, 6.45) is 0.776. The maximum Gasteiger partial charge on any atom is 0.338 e. The van der Waals surface area contributed by atoms with Crippen LogP contribution in [0.25, 0.3) is 0 Å². The first kappa shape index (κ1) is 22.6. The van der Waals surface area contributed by atoms with Crippen molar-refractivity contribution in [1.82, 2.24) is 9.88 Å². The molecule has 2 aromatic carbocycles. The zero-order valence-corrected chi connectivity index (χ0v) is 18.8. The number of hydrogen-bond acceptors (Lipinski definition) is 8. The molecule has 10 heteroatoms. The second kappa shape index (κ2) is 9.88. The Hall–Kier alpha value is -3.63. The molecule has 1 aliphatic heterocycles. The van der Waals surface area contributed by atoms with Crippen molar-refractivity contribution in [2.24, 2.45) is 0 Å². The zero-order valence-electron chi connectivity index (χ0n) is 17.9. The summed E-state index contributed by atoms with van der Waals surface area (Å²) < 4.78 is 4.92. The Morgan fingerprint density at radius 3 is 2.70 bits per heavy atom. The minimum atomic E-state index is -0.724. The predicted octanol–water partition coefficient (Wildman–Crippen LogP) is 4.04. The van der Waals surface area contributed by atoms with Gasteiger partial charge in [-0.1, -0.05) is 30.3 Å². The third-order valence-corrected chi connectivity index (χ3v) is 6.18. The zero-order chi connectivity index (χ0) is 23.4. The fraction of sp³-hybridized carbons (Fsp3) is 0.261. The number of thiazole rings is 1. The van der Waals surface area contributed by atoms with Crippen LogP contribution < -0.4 is 5.32 Å². The molecule has 0 radical (unpaired) electrons. The van der Waals surface area contributed by atoms with Crippen LogP contribution in [-0.4, -0.2) is 39.8 Å². The number of amides is 1. The largest absolute Gasteiger partial charge is 0.462 e. The van der Waals surface area contributed by atoms with Gasteiger partial charge in [0.05, 0.1) is 22.8 Å². The van der Waals surface area contributed by atoms with Crippen LogP contribution in [0.4, 0.5) is 10.8 Å². The van der Waals surface area contributed by atoms with Gasteiger partial charge in [0.1, 0.15) is 0 Å². The lowest BCUT2D eigenvalue weighted by Crippen LogP contribution is -2.29. The van der Waals surface area contributed by atoms with E-state index in [1.54, 1.807) is 6.92 Å². The molecule has 0 spiro atoms. The molecule has 1 amide bonds. The normalized spacial score (nSPS) is 13.2. The number of ether oxygens (including phenoxy) is 1. The molecule has 33 heavy (non-hydrogen) atoms. The smallest absolute Gasteiger partial charge is 0.338 e. The van der Waals surface area contributed by atoms with Gasteiger partial charge in [-0.2, -0.15) is 0 Å². The van der Waals surface area contributed by atoms with Gasteiger partial charge in [0, 0.05) is 48.6 Å². The van der Waals surface area contributed by atoms with Gasteiger partial charge in [-0.3, -0.25) is 25.1 Å². The number of nitrogens with zero attached hydrogens (tertiary/aromatic N) is 3. The molecule has 0 bridgehead atoms. The van der Waals surface area contributed by atoms with Crippen LogP contribution in [0.3, 0.4) is 0 Å². The molecule has 170 valence electrons. The Morgan fingerprint density at radius 1 is 1.21 bits per heavy atom. The summed E-state index contributed by atoms with van der Waals surface area (Å²) in [4.78, 5) is 43.4. The molecular formula is C23H22N4O5S. The predicted molar refractivity (Wildman–Crippen MR) is 123 cm³/mol. The average molecular weight is 467 g/mol. The van der Waals surface area contributed by atoms with Crippen molar-refractivity contribution in [3.8, 4) is 0 Å². The standard InChI is InChI=1S/C23H22N4O5S/c1-2-32-22(29)17-10-16(11-18(12-17)27(30)31)21(28)25-23-24-19-8-9-26(14-20(19)33-23)13-15-6-4-3-5-7-15/h3-7,10-12H,2,8-9,13-14H2,1H3,(H,24,25,28). The SMILES string of the molecule is CCOC(=O)c1cc(C(=O)Nc2nc3c(s2)CN(Cc2ccccc2)CC3)cc([N+](=O)[O-])c1. The van der Waals surface area contributed by atoms with Gasteiger partial charge in [0.25, 0.3) is 11.6 Å². The lowest BCUT2D eigenvalue weighted by molar-refractivity contribution is -0.384. The van der Waals surface area contributed by atoms with Crippen LogP contribution in [0.1, 0.15) is 43.8 Å². The lowest BCUT2D eigenvalue weighted by Gasteiger charge is -2.25. The summed E-state index contributed by atoms with van der Waals surface area (Å²) in [5.74, 6) is -1.30. The third-order valence-electron chi connectivity index (χ3n) is 5.18. The molecule has 1 aromatic heterocycles. The van der Waals surface area contributed by atoms with E-state index in [1.165, 1.54) is 23.0 Å². The molecule has 2 heterocycles. The van der Waals surface area contributed by atoms with Gasteiger partial charge in [0.15, 0.2) is 5.13 Å². The molecule has 1 N–H and O–H groups in total. The number of anilines is 1. The van der Waals surface area contributed by atoms with Gasteiger partial charge in [-0.15, -0.1) is 11.3 Å². The molecule has 3 aromatic rings. The van der Waals surface area contributed by atoms with E-state index in [2.05, 4.69) is 27.3 Å². The van der Waals surface area contributed by atoms with E-state index in [0.29, 0.717) is 5.13 Å². The maximum absolute atomic E-state index is 12.8. The maximum atomic E-state index is 12.8. The van der Waals surface area contributed by atoms with E-state index in [-0.39, 0.29) is 23.4 Å². The van der Waals surface area contributed by atoms with Crippen LogP contribution in [-0.2, 0) is 24.2 Å². The highest BCUT2D eigenvalue weighted by Gasteiger charge is 2.23. The number of nitro groups is 1. The second-order valence-electron chi connectivity index (χ2n) is 7.54. The van der Waals surface area contributed by atoms with Gasteiger partial charge in [-0.25, -0.2) is 9.78 Å². The van der Waals surface area contributed by atoms with Crippen molar-refractivity contribution < 1.29 is 19.2 Å². The van der Waals surface area contributed by atoms with E-state index >= 15 is 0 Å². The summed E-state index contributed by atoms with van der Waals surface area (Å²) in [7, 11) is 0. The number of nitro benzene ring substituents is 1. The molecular weight excluding hydrogens is 444 g/mol. The van der Waals surface area contributed by atoms with E-state index in [4.69, 9.17) is 4.74 Å². The van der Waals surface area contributed by atoms with Crippen LogP contribution in [0.5, 0.6) is 0 Å². The number of rotatable bonds is 7. The molecule has 0 fully saturated rings. The summed E-state index contributed by atoms with van der Waals surface area (Å²) in [6.45, 7) is 4.20. The highest BCUT2D eigenvalue weighted by Crippen LogP contribution is 2.29. The second-order valence-corrected chi connectivity index (χ2v) is 8.62. The highest BCUT2D eigenvalue weighted by atomic mass is 32.1. The van der Waals surface area contributed by atoms with Crippen LogP contribution >= 0.6 is 11.3 Å². The van der Waals surface area contributed by atoms with Crippen molar-refractivity contribution >= 4 is 34.0 Å². The number of nitrogens with one attached hydrogen (secondary N) is 1. The van der Waals surface area contributed by atoms with Gasteiger partial charge < -0.3 is 4.74 Å².